The van der Waals surface area contributed by atoms with Gasteiger partial charge in [-0.25, -0.2) is 0 Å². The Morgan fingerprint density at radius 2 is 1.11 bits per heavy atom. The van der Waals surface area contributed by atoms with Crippen molar-refractivity contribution in [3.63, 3.8) is 0 Å². The fourth-order valence-corrected chi connectivity index (χ4v) is 5.82. The Kier molecular flexibility index (Phi) is 38.0. The molecule has 2 unspecified atom stereocenters. The summed E-state index contributed by atoms with van der Waals surface area (Å²) in [6.07, 6.45) is 52.6. The minimum atomic E-state index is -4.67. The van der Waals surface area contributed by atoms with Crippen molar-refractivity contribution >= 4 is 19.8 Å². The molecule has 0 aliphatic carbocycles. The molecule has 0 amide bonds. The lowest BCUT2D eigenvalue weighted by molar-refractivity contribution is -0.870. The molecular formula is C50H80NO9P. The van der Waals surface area contributed by atoms with Crippen molar-refractivity contribution in [2.24, 2.45) is 0 Å². The number of nitrogens with zero attached hydrogens (tertiary/aromatic N) is 1. The molecule has 344 valence electrons. The van der Waals surface area contributed by atoms with Gasteiger partial charge < -0.3 is 33.0 Å². The van der Waals surface area contributed by atoms with Gasteiger partial charge in [0.15, 0.2) is 6.10 Å². The minimum absolute atomic E-state index is 0.0644. The average Bonchev–Trinajstić information content (AvgIpc) is 3.21. The number of rotatable bonds is 38. The van der Waals surface area contributed by atoms with Gasteiger partial charge in [0.2, 0.25) is 0 Å². The predicted octanol–water partition coefficient (Wildman–Crippen LogP) is 11.2. The monoisotopic (exact) mass is 870 g/mol. The number of phosphoric ester groups is 1. The van der Waals surface area contributed by atoms with Crippen molar-refractivity contribution in [2.45, 2.75) is 135 Å². The second kappa shape index (κ2) is 40.4. The number of unbranched alkanes of at least 4 members (excludes halogenated alkanes) is 4. The van der Waals surface area contributed by atoms with Gasteiger partial charge in [0.1, 0.15) is 19.8 Å². The van der Waals surface area contributed by atoms with Crippen LogP contribution in [0.15, 0.2) is 122 Å². The Labute approximate surface area is 370 Å². The predicted molar refractivity (Wildman–Crippen MR) is 250 cm³/mol. The summed E-state index contributed by atoms with van der Waals surface area (Å²) < 4.78 is 33.8. The maximum atomic E-state index is 12.7. The first kappa shape index (κ1) is 57.4. The summed E-state index contributed by atoms with van der Waals surface area (Å²) in [6.45, 7) is 3.76. The van der Waals surface area contributed by atoms with Gasteiger partial charge in [-0.05, 0) is 89.9 Å². The van der Waals surface area contributed by atoms with E-state index in [1.54, 1.807) is 6.08 Å². The first-order chi connectivity index (χ1) is 29.4. The third-order valence-electron chi connectivity index (χ3n) is 8.56. The largest absolute Gasteiger partial charge is 0.756 e. The highest BCUT2D eigenvalue weighted by Gasteiger charge is 2.21. The van der Waals surface area contributed by atoms with Gasteiger partial charge in [-0.1, -0.05) is 142 Å². The van der Waals surface area contributed by atoms with Crippen LogP contribution in [0, 0.1) is 0 Å². The fraction of sp³-hybridized carbons (Fsp3) is 0.560. The molecule has 0 heterocycles. The third kappa shape index (κ3) is 44.2. The molecule has 0 saturated carbocycles. The van der Waals surface area contributed by atoms with Crippen molar-refractivity contribution in [2.75, 3.05) is 47.5 Å². The fourth-order valence-electron chi connectivity index (χ4n) is 5.09. The quantitative estimate of drug-likeness (QED) is 0.0161. The SMILES string of the molecule is CC/C=C\C/C=C\C/C=C\C/C=C\C/C=C\CCCCCC(=O)O[C@H](COC(=O)CCC/C=C\C/C=C\C=C\C(O)C/C=C\C/C=C\CC)COP(=O)([O-])OCC[N+](C)(C)C. The average molecular weight is 870 g/mol. The summed E-state index contributed by atoms with van der Waals surface area (Å²) in [4.78, 5) is 37.6. The van der Waals surface area contributed by atoms with E-state index in [0.717, 1.165) is 64.2 Å². The number of carbonyl (C=O) groups excluding carboxylic acids is 2. The molecule has 0 radical (unpaired) electrons. The van der Waals surface area contributed by atoms with Gasteiger partial charge in [0.05, 0.1) is 33.9 Å². The highest BCUT2D eigenvalue weighted by atomic mass is 31.2. The van der Waals surface area contributed by atoms with E-state index < -0.39 is 38.6 Å². The van der Waals surface area contributed by atoms with Crippen LogP contribution in [-0.4, -0.2) is 81.2 Å². The number of ether oxygens (including phenoxy) is 2. The number of quaternary nitrogens is 1. The lowest BCUT2D eigenvalue weighted by Gasteiger charge is -2.28. The van der Waals surface area contributed by atoms with E-state index in [1.165, 1.54) is 0 Å². The number of likely N-dealkylation sites (N-methyl/N-ethyl adjacent to an activating group) is 1. The first-order valence-corrected chi connectivity index (χ1v) is 23.8. The second-order valence-electron chi connectivity index (χ2n) is 15.5. The Bertz CT molecular complexity index is 1460. The summed E-state index contributed by atoms with van der Waals surface area (Å²) in [5.41, 5.74) is 0. The number of carbonyl (C=O) groups is 2. The number of hydrogen-bond acceptors (Lipinski definition) is 9. The van der Waals surface area contributed by atoms with Crippen LogP contribution in [-0.2, 0) is 32.7 Å². The smallest absolute Gasteiger partial charge is 0.306 e. The van der Waals surface area contributed by atoms with Gasteiger partial charge in [-0.3, -0.25) is 14.2 Å². The van der Waals surface area contributed by atoms with Gasteiger partial charge in [0.25, 0.3) is 7.82 Å². The van der Waals surface area contributed by atoms with Gasteiger partial charge >= 0.3 is 11.9 Å². The highest BCUT2D eigenvalue weighted by molar-refractivity contribution is 7.45. The molecule has 0 spiro atoms. The molecule has 1 N–H and O–H groups in total. The zero-order valence-corrected chi connectivity index (χ0v) is 39.1. The van der Waals surface area contributed by atoms with Crippen molar-refractivity contribution in [1.29, 1.82) is 0 Å². The zero-order valence-electron chi connectivity index (χ0n) is 38.2. The van der Waals surface area contributed by atoms with E-state index in [1.807, 2.05) is 63.7 Å². The molecule has 0 rings (SSSR count). The van der Waals surface area contributed by atoms with E-state index in [9.17, 15) is 24.2 Å². The molecule has 0 bridgehead atoms. The molecule has 10 nitrogen and oxygen atoms in total. The second-order valence-corrected chi connectivity index (χ2v) is 16.9. The number of hydrogen-bond donors (Lipinski definition) is 1. The molecule has 0 saturated heterocycles. The van der Waals surface area contributed by atoms with E-state index in [-0.39, 0.29) is 26.1 Å². The summed E-state index contributed by atoms with van der Waals surface area (Å²) in [5.74, 6) is -0.995. The molecule has 0 fully saturated rings. The normalized spacial score (nSPS) is 15.2. The van der Waals surface area contributed by atoms with Crippen LogP contribution in [0.1, 0.15) is 123 Å². The maximum absolute atomic E-state index is 12.7. The van der Waals surface area contributed by atoms with Crippen molar-refractivity contribution in [3.8, 4) is 0 Å². The van der Waals surface area contributed by atoms with Crippen LogP contribution < -0.4 is 4.89 Å². The topological polar surface area (TPSA) is 131 Å². The van der Waals surface area contributed by atoms with Crippen molar-refractivity contribution < 1.29 is 47.2 Å². The Hall–Kier alpha value is -3.63. The summed E-state index contributed by atoms with van der Waals surface area (Å²) in [6, 6.07) is 0. The van der Waals surface area contributed by atoms with Crippen molar-refractivity contribution in [3.05, 3.63) is 122 Å². The van der Waals surface area contributed by atoms with Crippen LogP contribution in [0.4, 0.5) is 0 Å². The number of allylic oxidation sites excluding steroid dienone is 18. The molecule has 11 heteroatoms. The van der Waals surface area contributed by atoms with Crippen LogP contribution in [0.3, 0.4) is 0 Å². The molecule has 3 atom stereocenters. The van der Waals surface area contributed by atoms with E-state index in [2.05, 4.69) is 86.8 Å². The standard InChI is InChI=1S/C50H80NO9P/c1-6-8-10-12-14-15-16-17-18-19-20-21-22-23-24-25-30-34-38-42-50(54)60-48(46-59-61(55,56)58-44-43-51(3,4)5)45-57-49(53)41-37-33-29-27-26-28-32-36-40-47(52)39-35-31-13-11-9-7-2/h8-11,14-15,17-18,20-21,23-24,27-29,31-32,35-36,40,47-48,52H,6-7,12-13,16,19,22,25-26,30,33-34,37-39,41-46H2,1-5H3/b10-8-,11-9-,15-14-,18-17-,21-20-,24-23-,29-27-,32-28-,35-31-,40-36+/t47?,48-/m1/s1. The molecule has 0 aliphatic heterocycles. The molecular weight excluding hydrogens is 790 g/mol. The number of aliphatic hydroxyl groups excluding tert-OH is 1. The van der Waals surface area contributed by atoms with Crippen LogP contribution >= 0.6 is 7.82 Å². The highest BCUT2D eigenvalue weighted by Crippen LogP contribution is 2.38. The summed E-state index contributed by atoms with van der Waals surface area (Å²) >= 11 is 0. The molecule has 61 heavy (non-hydrogen) atoms. The van der Waals surface area contributed by atoms with E-state index in [4.69, 9.17) is 18.5 Å². The lowest BCUT2D eigenvalue weighted by atomic mass is 10.1. The lowest BCUT2D eigenvalue weighted by Crippen LogP contribution is -2.37. The molecule has 0 aliphatic rings. The van der Waals surface area contributed by atoms with Gasteiger partial charge in [-0.2, -0.15) is 0 Å². The Morgan fingerprint density at radius 3 is 1.69 bits per heavy atom. The Morgan fingerprint density at radius 1 is 0.607 bits per heavy atom. The van der Waals surface area contributed by atoms with E-state index >= 15 is 0 Å². The first-order valence-electron chi connectivity index (χ1n) is 22.4. The van der Waals surface area contributed by atoms with Gasteiger partial charge in [-0.15, -0.1) is 0 Å². The summed E-state index contributed by atoms with van der Waals surface area (Å²) in [7, 11) is 1.05. The van der Waals surface area contributed by atoms with Gasteiger partial charge in [0, 0.05) is 12.8 Å². The zero-order chi connectivity index (χ0) is 45.1. The molecule has 0 aromatic heterocycles. The van der Waals surface area contributed by atoms with Crippen LogP contribution in [0.5, 0.6) is 0 Å². The number of esters is 2. The maximum Gasteiger partial charge on any atom is 0.306 e. The minimum Gasteiger partial charge on any atom is -0.756 e. The van der Waals surface area contributed by atoms with Crippen molar-refractivity contribution in [1.82, 2.24) is 0 Å². The van der Waals surface area contributed by atoms with Crippen LogP contribution in [0.2, 0.25) is 0 Å². The van der Waals surface area contributed by atoms with E-state index in [0.29, 0.717) is 43.1 Å². The molecule has 0 aromatic carbocycles. The number of phosphoric acid groups is 1. The number of aliphatic hydroxyl groups is 1. The Balaban J connectivity index is 4.60. The third-order valence-corrected chi connectivity index (χ3v) is 9.52. The molecule has 0 aromatic rings. The van der Waals surface area contributed by atoms with Crippen LogP contribution in [0.25, 0.3) is 0 Å². The summed E-state index contributed by atoms with van der Waals surface area (Å²) in [5, 5.41) is 10.0.